The molecule has 2 saturated heterocycles. The minimum Gasteiger partial charge on any atom is -0.399 e. The zero-order valence-corrected chi connectivity index (χ0v) is 14.9. The van der Waals surface area contributed by atoms with Crippen molar-refractivity contribution in [2.45, 2.75) is 18.4 Å². The van der Waals surface area contributed by atoms with Crippen LogP contribution in [0.2, 0.25) is 0 Å². The van der Waals surface area contributed by atoms with Gasteiger partial charge in [0.2, 0.25) is 0 Å². The molecule has 1 amide bonds. The number of nitrogen functional groups attached to an aromatic ring is 1. The normalized spacial score (nSPS) is 24.3. The van der Waals surface area contributed by atoms with Gasteiger partial charge in [-0.1, -0.05) is 0 Å². The summed E-state index contributed by atoms with van der Waals surface area (Å²) in [7, 11) is -3.02. The number of nitrogens with two attached hydrogens (primary N) is 1. The minimum atomic E-state index is -3.02. The number of morpholine rings is 1. The number of hydrogen-bond acceptors (Lipinski definition) is 6. The van der Waals surface area contributed by atoms with Gasteiger partial charge in [-0.25, -0.2) is 8.42 Å². The molecular weight excluding hydrogens is 342 g/mol. The van der Waals surface area contributed by atoms with Gasteiger partial charge >= 0.3 is 0 Å². The van der Waals surface area contributed by atoms with E-state index in [0.29, 0.717) is 17.9 Å². The summed E-state index contributed by atoms with van der Waals surface area (Å²) >= 11 is 0. The number of amides is 1. The van der Waals surface area contributed by atoms with Crippen LogP contribution in [0.25, 0.3) is 0 Å². The van der Waals surface area contributed by atoms with Crippen LogP contribution in [0.5, 0.6) is 0 Å². The van der Waals surface area contributed by atoms with Gasteiger partial charge in [0.1, 0.15) is 0 Å². The molecule has 1 saturated carbocycles. The van der Waals surface area contributed by atoms with E-state index in [2.05, 4.69) is 4.90 Å². The summed E-state index contributed by atoms with van der Waals surface area (Å²) in [5.41, 5.74) is 7.95. The van der Waals surface area contributed by atoms with Crippen molar-refractivity contribution < 1.29 is 17.9 Å². The third-order valence-electron chi connectivity index (χ3n) is 5.28. The van der Waals surface area contributed by atoms with Crippen LogP contribution in [-0.2, 0) is 14.6 Å². The van der Waals surface area contributed by atoms with Crippen molar-refractivity contribution in [1.29, 1.82) is 0 Å². The first-order chi connectivity index (χ1) is 11.9. The average Bonchev–Trinajstić information content (AvgIpc) is 3.33. The topological polar surface area (TPSA) is 92.9 Å². The molecule has 2 N–H and O–H groups in total. The highest BCUT2D eigenvalue weighted by atomic mass is 32.2. The van der Waals surface area contributed by atoms with E-state index in [9.17, 15) is 13.2 Å². The first kappa shape index (κ1) is 16.7. The molecule has 0 bridgehead atoms. The second kappa shape index (κ2) is 5.88. The van der Waals surface area contributed by atoms with Crippen LogP contribution in [-0.4, -0.2) is 69.1 Å². The predicted molar refractivity (Wildman–Crippen MR) is 95.5 cm³/mol. The van der Waals surface area contributed by atoms with E-state index in [1.54, 1.807) is 17.0 Å². The zero-order chi connectivity index (χ0) is 17.7. The highest BCUT2D eigenvalue weighted by Gasteiger charge is 2.48. The fourth-order valence-corrected chi connectivity index (χ4v) is 4.77. The highest BCUT2D eigenvalue weighted by Crippen LogP contribution is 2.43. The number of carbonyl (C=O) groups excluding carboxylic acids is 1. The van der Waals surface area contributed by atoms with Gasteiger partial charge in [0, 0.05) is 31.9 Å². The Morgan fingerprint density at radius 2 is 1.88 bits per heavy atom. The van der Waals surface area contributed by atoms with Crippen LogP contribution in [0.1, 0.15) is 23.2 Å². The Labute approximate surface area is 147 Å². The van der Waals surface area contributed by atoms with Crippen molar-refractivity contribution in [2.24, 2.45) is 0 Å². The molecule has 4 rings (SSSR count). The van der Waals surface area contributed by atoms with Gasteiger partial charge in [0.05, 0.1) is 35.0 Å². The number of carbonyl (C=O) groups is 1. The van der Waals surface area contributed by atoms with E-state index in [1.807, 2.05) is 6.07 Å². The third kappa shape index (κ3) is 3.32. The van der Waals surface area contributed by atoms with Crippen molar-refractivity contribution in [3.8, 4) is 0 Å². The fraction of sp³-hybridized carbons (Fsp3) is 0.588. The quantitative estimate of drug-likeness (QED) is 0.768. The lowest BCUT2D eigenvalue weighted by molar-refractivity contribution is 0.0205. The maximum atomic E-state index is 13.0. The number of anilines is 2. The summed E-state index contributed by atoms with van der Waals surface area (Å²) in [5, 5.41) is 0. The van der Waals surface area contributed by atoms with Crippen LogP contribution in [0.3, 0.4) is 0 Å². The Morgan fingerprint density at radius 1 is 1.16 bits per heavy atom. The molecule has 25 heavy (non-hydrogen) atoms. The molecule has 8 heteroatoms. The molecule has 0 unspecified atom stereocenters. The molecule has 0 radical (unpaired) electrons. The van der Waals surface area contributed by atoms with Crippen LogP contribution in [0.15, 0.2) is 18.2 Å². The molecule has 1 aromatic carbocycles. The Morgan fingerprint density at radius 3 is 2.56 bits per heavy atom. The first-order valence-corrected chi connectivity index (χ1v) is 10.5. The predicted octanol–water partition coefficient (Wildman–Crippen LogP) is 0.509. The molecule has 2 aliphatic heterocycles. The van der Waals surface area contributed by atoms with Crippen molar-refractivity contribution in [1.82, 2.24) is 4.90 Å². The van der Waals surface area contributed by atoms with Crippen LogP contribution >= 0.6 is 0 Å². The second-order valence-corrected chi connectivity index (χ2v) is 9.48. The van der Waals surface area contributed by atoms with E-state index >= 15 is 0 Å². The summed E-state index contributed by atoms with van der Waals surface area (Å²) in [6, 6.07) is 5.32. The summed E-state index contributed by atoms with van der Waals surface area (Å²) in [6.45, 7) is 2.63. The van der Waals surface area contributed by atoms with Crippen molar-refractivity contribution >= 4 is 27.1 Å². The summed E-state index contributed by atoms with van der Waals surface area (Å²) in [6.07, 6.45) is 2.11. The third-order valence-corrected chi connectivity index (χ3v) is 6.89. The maximum Gasteiger partial charge on any atom is 0.256 e. The van der Waals surface area contributed by atoms with Crippen molar-refractivity contribution in [2.75, 3.05) is 54.9 Å². The molecular formula is C17H23N3O4S. The summed E-state index contributed by atoms with van der Waals surface area (Å²) in [5.74, 6) is -0.0609. The molecule has 1 spiro atoms. The van der Waals surface area contributed by atoms with Gasteiger partial charge in [-0.3, -0.25) is 4.79 Å². The van der Waals surface area contributed by atoms with Gasteiger partial charge in [0.25, 0.3) is 5.91 Å². The lowest BCUT2D eigenvalue weighted by Crippen LogP contribution is -2.46. The van der Waals surface area contributed by atoms with Crippen LogP contribution < -0.4 is 10.6 Å². The number of rotatable bonds is 2. The van der Waals surface area contributed by atoms with E-state index < -0.39 is 9.84 Å². The van der Waals surface area contributed by atoms with Crippen molar-refractivity contribution in [3.63, 3.8) is 0 Å². The first-order valence-electron chi connectivity index (χ1n) is 8.66. The monoisotopic (exact) mass is 365 g/mol. The Balaban J connectivity index is 1.60. The van der Waals surface area contributed by atoms with Gasteiger partial charge < -0.3 is 20.3 Å². The molecule has 3 fully saturated rings. The zero-order valence-electron chi connectivity index (χ0n) is 14.1. The van der Waals surface area contributed by atoms with E-state index in [0.717, 1.165) is 31.6 Å². The van der Waals surface area contributed by atoms with Gasteiger partial charge in [-0.2, -0.15) is 0 Å². The summed E-state index contributed by atoms with van der Waals surface area (Å²) < 4.78 is 29.1. The Bertz CT molecular complexity index is 790. The Hall–Kier alpha value is -1.80. The molecule has 3 aliphatic rings. The second-order valence-electron chi connectivity index (χ2n) is 7.17. The summed E-state index contributed by atoms with van der Waals surface area (Å²) in [4.78, 5) is 16.8. The average molecular weight is 365 g/mol. The fourth-order valence-electron chi connectivity index (χ4n) is 3.57. The van der Waals surface area contributed by atoms with E-state index in [-0.39, 0.29) is 36.1 Å². The van der Waals surface area contributed by atoms with Gasteiger partial charge in [-0.05, 0) is 31.0 Å². The SMILES string of the molecule is Nc1ccc(C(=O)N2CCS(=O)(=O)CC2)c(N2CCOC3(CC3)C2)c1. The van der Waals surface area contributed by atoms with Crippen LogP contribution in [0.4, 0.5) is 11.4 Å². The molecule has 136 valence electrons. The van der Waals surface area contributed by atoms with Crippen molar-refractivity contribution in [3.05, 3.63) is 23.8 Å². The number of benzene rings is 1. The Kier molecular flexibility index (Phi) is 3.92. The van der Waals surface area contributed by atoms with Gasteiger partial charge in [0.15, 0.2) is 9.84 Å². The minimum absolute atomic E-state index is 0.0315. The largest absolute Gasteiger partial charge is 0.399 e. The lowest BCUT2D eigenvalue weighted by atomic mass is 10.1. The molecule has 1 aliphatic carbocycles. The smallest absolute Gasteiger partial charge is 0.256 e. The van der Waals surface area contributed by atoms with E-state index in [1.165, 1.54) is 0 Å². The molecule has 7 nitrogen and oxygen atoms in total. The standard InChI is InChI=1S/C17H23N3O4S/c18-13-1-2-14(16(21)19-6-9-25(22,23)10-7-19)15(11-13)20-5-8-24-17(12-20)3-4-17/h1-2,11H,3-10,12,18H2. The number of ether oxygens (including phenoxy) is 1. The number of sulfone groups is 1. The van der Waals surface area contributed by atoms with Gasteiger partial charge in [-0.15, -0.1) is 0 Å². The molecule has 1 aromatic rings. The number of hydrogen-bond donors (Lipinski definition) is 1. The van der Waals surface area contributed by atoms with Crippen LogP contribution in [0, 0.1) is 0 Å². The van der Waals surface area contributed by atoms with E-state index in [4.69, 9.17) is 10.5 Å². The molecule has 0 atom stereocenters. The maximum absolute atomic E-state index is 13.0. The lowest BCUT2D eigenvalue weighted by Gasteiger charge is -2.36. The molecule has 0 aromatic heterocycles. The number of nitrogens with zero attached hydrogens (tertiary/aromatic N) is 2. The molecule has 2 heterocycles. The highest BCUT2D eigenvalue weighted by molar-refractivity contribution is 7.91.